The van der Waals surface area contributed by atoms with Gasteiger partial charge in [0.15, 0.2) is 0 Å². The zero-order chi connectivity index (χ0) is 25.0. The minimum atomic E-state index is -0.260. The van der Waals surface area contributed by atoms with E-state index >= 15 is 0 Å². The standard InChI is InChI=1S/C28H23BrN4O3/c1-16-13-18(29)7-9-20(16)28(35)32-11-12-33-23(15-30-26(33)17(32)2)27(34)31-19-8-10-25-22(14-19)21-5-3-4-6-24(21)36-25/h3-10,13-15,17H,11-12H2,1-2H3,(H,31,34). The fourth-order valence-electron chi connectivity index (χ4n) is 4.98. The summed E-state index contributed by atoms with van der Waals surface area (Å²) in [7, 11) is 0. The highest BCUT2D eigenvalue weighted by molar-refractivity contribution is 9.10. The molecule has 0 aliphatic carbocycles. The van der Waals surface area contributed by atoms with Gasteiger partial charge in [-0.3, -0.25) is 9.59 Å². The topological polar surface area (TPSA) is 80.4 Å². The van der Waals surface area contributed by atoms with Gasteiger partial charge in [-0.05, 0) is 61.9 Å². The summed E-state index contributed by atoms with van der Waals surface area (Å²) in [6.45, 7) is 4.87. The van der Waals surface area contributed by atoms with Crippen molar-refractivity contribution in [2.45, 2.75) is 26.4 Å². The van der Waals surface area contributed by atoms with E-state index in [9.17, 15) is 9.59 Å². The lowest BCUT2D eigenvalue weighted by atomic mass is 10.1. The zero-order valence-electron chi connectivity index (χ0n) is 19.8. The molecule has 0 radical (unpaired) electrons. The van der Waals surface area contributed by atoms with Crippen molar-refractivity contribution >= 4 is 55.4 Å². The molecular formula is C28H23BrN4O3. The molecule has 1 aliphatic heterocycles. The summed E-state index contributed by atoms with van der Waals surface area (Å²) in [5, 5.41) is 4.96. The average molecular weight is 543 g/mol. The number of hydrogen-bond acceptors (Lipinski definition) is 4. The first-order valence-electron chi connectivity index (χ1n) is 11.8. The monoisotopic (exact) mass is 542 g/mol. The Morgan fingerprint density at radius 3 is 2.67 bits per heavy atom. The van der Waals surface area contributed by atoms with E-state index in [4.69, 9.17) is 4.42 Å². The molecular weight excluding hydrogens is 520 g/mol. The Labute approximate surface area is 215 Å². The number of fused-ring (bicyclic) bond motifs is 4. The highest BCUT2D eigenvalue weighted by Gasteiger charge is 2.32. The number of aromatic nitrogens is 2. The fourth-order valence-corrected chi connectivity index (χ4v) is 5.45. The van der Waals surface area contributed by atoms with Gasteiger partial charge in [-0.15, -0.1) is 0 Å². The average Bonchev–Trinajstić information content (AvgIpc) is 3.46. The fraction of sp³-hybridized carbons (Fsp3) is 0.179. The molecule has 0 fully saturated rings. The van der Waals surface area contributed by atoms with Crippen molar-refractivity contribution in [2.75, 3.05) is 11.9 Å². The van der Waals surface area contributed by atoms with Gasteiger partial charge in [-0.2, -0.15) is 0 Å². The smallest absolute Gasteiger partial charge is 0.273 e. The molecule has 8 heteroatoms. The van der Waals surface area contributed by atoms with Gasteiger partial charge in [-0.25, -0.2) is 4.98 Å². The van der Waals surface area contributed by atoms with Crippen LogP contribution < -0.4 is 5.32 Å². The minimum Gasteiger partial charge on any atom is -0.456 e. The number of halogens is 1. The van der Waals surface area contributed by atoms with E-state index in [0.717, 1.165) is 32.0 Å². The molecule has 6 rings (SSSR count). The number of benzene rings is 3. The van der Waals surface area contributed by atoms with Gasteiger partial charge in [-0.1, -0.05) is 34.1 Å². The maximum Gasteiger partial charge on any atom is 0.273 e. The lowest BCUT2D eigenvalue weighted by Gasteiger charge is -2.34. The molecule has 3 heterocycles. The maximum absolute atomic E-state index is 13.3. The maximum atomic E-state index is 13.3. The largest absolute Gasteiger partial charge is 0.456 e. The van der Waals surface area contributed by atoms with Crippen LogP contribution in [0.3, 0.4) is 0 Å². The summed E-state index contributed by atoms with van der Waals surface area (Å²) >= 11 is 3.45. The SMILES string of the molecule is Cc1cc(Br)ccc1C(=O)N1CCn2c(C(=O)Nc3ccc4oc5ccccc5c4c3)cnc2C1C. The van der Waals surface area contributed by atoms with Crippen LogP contribution in [0, 0.1) is 6.92 Å². The Morgan fingerprint density at radius 2 is 1.83 bits per heavy atom. The summed E-state index contributed by atoms with van der Waals surface area (Å²) in [6.07, 6.45) is 1.59. The van der Waals surface area contributed by atoms with Crippen LogP contribution in [0.2, 0.25) is 0 Å². The van der Waals surface area contributed by atoms with Crippen molar-refractivity contribution in [1.29, 1.82) is 0 Å². The van der Waals surface area contributed by atoms with Gasteiger partial charge < -0.3 is 19.2 Å². The number of amides is 2. The molecule has 1 unspecified atom stereocenters. The highest BCUT2D eigenvalue weighted by atomic mass is 79.9. The molecule has 2 amide bonds. The molecule has 7 nitrogen and oxygen atoms in total. The van der Waals surface area contributed by atoms with Gasteiger partial charge in [0.2, 0.25) is 0 Å². The number of para-hydroxylation sites is 1. The van der Waals surface area contributed by atoms with Crippen LogP contribution in [-0.4, -0.2) is 32.8 Å². The molecule has 1 N–H and O–H groups in total. The zero-order valence-corrected chi connectivity index (χ0v) is 21.4. The van der Waals surface area contributed by atoms with Gasteiger partial charge in [0.1, 0.15) is 22.7 Å². The van der Waals surface area contributed by atoms with E-state index < -0.39 is 0 Å². The number of aryl methyl sites for hydroxylation is 1. The summed E-state index contributed by atoms with van der Waals surface area (Å²) in [5.74, 6) is 0.427. The number of nitrogens with zero attached hydrogens (tertiary/aromatic N) is 3. The van der Waals surface area contributed by atoms with Crippen LogP contribution in [0.1, 0.15) is 45.2 Å². The van der Waals surface area contributed by atoms with E-state index in [1.54, 1.807) is 6.20 Å². The van der Waals surface area contributed by atoms with Crippen molar-refractivity contribution < 1.29 is 14.0 Å². The number of hydrogen-bond donors (Lipinski definition) is 1. The number of carbonyl (C=O) groups excluding carboxylic acids is 2. The van der Waals surface area contributed by atoms with Crippen LogP contribution in [0.15, 0.2) is 75.8 Å². The normalized spacial score (nSPS) is 15.3. The second-order valence-electron chi connectivity index (χ2n) is 9.05. The Balaban J connectivity index is 1.25. The number of imidazole rings is 1. The van der Waals surface area contributed by atoms with E-state index in [1.807, 2.05) is 84.0 Å². The first kappa shape index (κ1) is 22.5. The molecule has 3 aromatic carbocycles. The van der Waals surface area contributed by atoms with E-state index in [1.165, 1.54) is 0 Å². The molecule has 0 saturated heterocycles. The van der Waals surface area contributed by atoms with Crippen molar-refractivity contribution in [3.8, 4) is 0 Å². The number of carbonyl (C=O) groups is 2. The summed E-state index contributed by atoms with van der Waals surface area (Å²) in [5.41, 5.74) is 4.33. The van der Waals surface area contributed by atoms with Crippen molar-refractivity contribution in [3.05, 3.63) is 94.0 Å². The van der Waals surface area contributed by atoms with Crippen molar-refractivity contribution in [1.82, 2.24) is 14.5 Å². The van der Waals surface area contributed by atoms with Crippen molar-refractivity contribution in [2.24, 2.45) is 0 Å². The lowest BCUT2D eigenvalue weighted by Crippen LogP contribution is -2.42. The number of rotatable bonds is 3. The molecule has 0 spiro atoms. The third-order valence-electron chi connectivity index (χ3n) is 6.84. The van der Waals surface area contributed by atoms with Gasteiger partial charge in [0, 0.05) is 39.6 Å². The summed E-state index contributed by atoms with van der Waals surface area (Å²) < 4.78 is 8.73. The third kappa shape index (κ3) is 3.69. The van der Waals surface area contributed by atoms with E-state index in [2.05, 4.69) is 26.2 Å². The second kappa shape index (κ2) is 8.64. The molecule has 0 bridgehead atoms. The molecule has 180 valence electrons. The first-order chi connectivity index (χ1) is 17.4. The van der Waals surface area contributed by atoms with Crippen LogP contribution >= 0.6 is 15.9 Å². The Kier molecular flexibility index (Phi) is 5.41. The predicted molar refractivity (Wildman–Crippen MR) is 142 cm³/mol. The number of furan rings is 1. The summed E-state index contributed by atoms with van der Waals surface area (Å²) in [4.78, 5) is 32.9. The third-order valence-corrected chi connectivity index (χ3v) is 7.33. The molecule has 1 aliphatic rings. The van der Waals surface area contributed by atoms with Crippen LogP contribution in [0.4, 0.5) is 5.69 Å². The van der Waals surface area contributed by atoms with Gasteiger partial charge in [0.25, 0.3) is 11.8 Å². The molecule has 36 heavy (non-hydrogen) atoms. The lowest BCUT2D eigenvalue weighted by molar-refractivity contribution is 0.0635. The molecule has 2 aromatic heterocycles. The predicted octanol–water partition coefficient (Wildman–Crippen LogP) is 6.32. The first-order valence-corrected chi connectivity index (χ1v) is 12.5. The van der Waals surface area contributed by atoms with Crippen molar-refractivity contribution in [3.63, 3.8) is 0 Å². The number of nitrogens with one attached hydrogen (secondary N) is 1. The Morgan fingerprint density at radius 1 is 1.03 bits per heavy atom. The van der Waals surface area contributed by atoms with Gasteiger partial charge in [0.05, 0.1) is 12.2 Å². The number of anilines is 1. The molecule has 0 saturated carbocycles. The van der Waals surface area contributed by atoms with E-state index in [0.29, 0.717) is 35.9 Å². The Bertz CT molecular complexity index is 1670. The minimum absolute atomic E-state index is 0.0339. The molecule has 1 atom stereocenters. The van der Waals surface area contributed by atoms with Crippen LogP contribution in [0.5, 0.6) is 0 Å². The van der Waals surface area contributed by atoms with E-state index in [-0.39, 0.29) is 17.9 Å². The Hall–Kier alpha value is -3.91. The van der Waals surface area contributed by atoms with Crippen LogP contribution in [0.25, 0.3) is 21.9 Å². The molecule has 5 aromatic rings. The van der Waals surface area contributed by atoms with Gasteiger partial charge >= 0.3 is 0 Å². The quantitative estimate of drug-likeness (QED) is 0.289. The highest BCUT2D eigenvalue weighted by Crippen LogP contribution is 2.32. The second-order valence-corrected chi connectivity index (χ2v) is 9.97. The summed E-state index contributed by atoms with van der Waals surface area (Å²) in [6, 6.07) is 18.9. The van der Waals surface area contributed by atoms with Crippen LogP contribution in [-0.2, 0) is 6.54 Å².